The van der Waals surface area contributed by atoms with E-state index in [0.717, 1.165) is 0 Å². The van der Waals surface area contributed by atoms with Crippen molar-refractivity contribution in [1.82, 2.24) is 0 Å². The molecule has 0 amide bonds. The van der Waals surface area contributed by atoms with Crippen LogP contribution in [0.5, 0.6) is 0 Å². The molecule has 0 aliphatic carbocycles. The summed E-state index contributed by atoms with van der Waals surface area (Å²) in [6, 6.07) is 0. The topological polar surface area (TPSA) is 47.9 Å². The van der Waals surface area contributed by atoms with Crippen molar-refractivity contribution in [1.29, 1.82) is 0 Å². The molecule has 0 aromatic rings. The Bertz CT molecular complexity index is 58.6. The van der Waals surface area contributed by atoms with E-state index < -0.39 is 9.05 Å². The summed E-state index contributed by atoms with van der Waals surface area (Å²) in [6.07, 6.45) is 0. The molecular formula is C3H11KO4Si. The average molecular weight is 178 g/mol. The second-order valence-electron chi connectivity index (χ2n) is 1.14. The first-order valence-electron chi connectivity index (χ1n) is 2.06. The van der Waals surface area contributed by atoms with Crippen LogP contribution in [0.25, 0.3) is 0 Å². The Hall–Kier alpha value is 1.69. The monoisotopic (exact) mass is 178 g/mol. The van der Waals surface area contributed by atoms with Gasteiger partial charge < -0.3 is 18.1 Å². The molecule has 0 aromatic carbocycles. The summed E-state index contributed by atoms with van der Waals surface area (Å²) in [5.74, 6) is 0. The van der Waals surface area contributed by atoms with Crippen molar-refractivity contribution in [3.8, 4) is 0 Å². The molecular weight excluding hydrogens is 167 g/mol. The fourth-order valence-electron chi connectivity index (χ4n) is 0.250. The summed E-state index contributed by atoms with van der Waals surface area (Å²) in [7, 11) is 0.826. The standard InChI is InChI=1S/C3H10O4Si.K.H/c1-5-8(4,6-2)7-3;;/h4H,1-3H3;;. The zero-order valence-corrected chi connectivity index (χ0v) is 6.17. The molecule has 0 aromatic heterocycles. The van der Waals surface area contributed by atoms with Gasteiger partial charge in [0, 0.05) is 21.3 Å². The Morgan fingerprint density at radius 3 is 1.22 bits per heavy atom. The summed E-state index contributed by atoms with van der Waals surface area (Å²) in [5.41, 5.74) is 0. The predicted molar refractivity (Wildman–Crippen MR) is 36.1 cm³/mol. The van der Waals surface area contributed by atoms with Crippen LogP contribution in [0, 0.1) is 0 Å². The van der Waals surface area contributed by atoms with E-state index in [2.05, 4.69) is 13.3 Å². The van der Waals surface area contributed by atoms with Gasteiger partial charge in [-0.3, -0.25) is 0 Å². The number of rotatable bonds is 3. The van der Waals surface area contributed by atoms with Gasteiger partial charge in [-0.1, -0.05) is 0 Å². The van der Waals surface area contributed by atoms with Crippen LogP contribution in [0.1, 0.15) is 0 Å². The van der Waals surface area contributed by atoms with Crippen LogP contribution in [-0.4, -0.2) is 86.6 Å². The van der Waals surface area contributed by atoms with Crippen molar-refractivity contribution in [3.05, 3.63) is 0 Å². The third kappa shape index (κ3) is 5.02. The van der Waals surface area contributed by atoms with Crippen LogP contribution in [-0.2, 0) is 13.3 Å². The molecule has 6 heteroatoms. The molecule has 0 heterocycles. The predicted octanol–water partition coefficient (Wildman–Crippen LogP) is -1.30. The minimum absolute atomic E-state index is 0. The number of hydrogen-bond acceptors (Lipinski definition) is 4. The normalized spacial score (nSPS) is 10.7. The third-order valence-electron chi connectivity index (χ3n) is 0.774. The molecule has 4 nitrogen and oxygen atoms in total. The number of hydrogen-bond donors (Lipinski definition) is 1. The third-order valence-corrected chi connectivity index (χ3v) is 2.32. The van der Waals surface area contributed by atoms with E-state index in [0.29, 0.717) is 0 Å². The molecule has 0 bridgehead atoms. The van der Waals surface area contributed by atoms with Crippen LogP contribution in [0.15, 0.2) is 0 Å². The first-order chi connectivity index (χ1) is 3.68. The zero-order chi connectivity index (χ0) is 6.62. The van der Waals surface area contributed by atoms with Crippen LogP contribution >= 0.6 is 0 Å². The zero-order valence-electron chi connectivity index (χ0n) is 5.17. The second kappa shape index (κ2) is 6.41. The Labute approximate surface area is 98.4 Å². The summed E-state index contributed by atoms with van der Waals surface area (Å²) < 4.78 is 13.5. The van der Waals surface area contributed by atoms with Gasteiger partial charge in [-0.2, -0.15) is 0 Å². The average Bonchev–Trinajstić information content (AvgIpc) is 1.87. The van der Waals surface area contributed by atoms with Gasteiger partial charge in [-0.25, -0.2) is 0 Å². The van der Waals surface area contributed by atoms with Crippen molar-refractivity contribution in [3.63, 3.8) is 0 Å². The van der Waals surface area contributed by atoms with E-state index in [1.54, 1.807) is 0 Å². The van der Waals surface area contributed by atoms with E-state index in [-0.39, 0.29) is 51.4 Å². The van der Waals surface area contributed by atoms with Crippen molar-refractivity contribution >= 4 is 60.4 Å². The fourth-order valence-corrected chi connectivity index (χ4v) is 0.750. The van der Waals surface area contributed by atoms with Gasteiger partial charge >= 0.3 is 60.4 Å². The molecule has 9 heavy (non-hydrogen) atoms. The molecule has 0 aliphatic rings. The van der Waals surface area contributed by atoms with Crippen molar-refractivity contribution in [2.75, 3.05) is 21.3 Å². The van der Waals surface area contributed by atoms with Gasteiger partial charge in [0.1, 0.15) is 0 Å². The Kier molecular flexibility index (Phi) is 9.46. The van der Waals surface area contributed by atoms with Gasteiger partial charge in [-0.15, -0.1) is 0 Å². The maximum absolute atomic E-state index is 8.91. The van der Waals surface area contributed by atoms with E-state index in [1.807, 2.05) is 0 Å². The molecule has 0 saturated heterocycles. The first-order valence-corrected chi connectivity index (χ1v) is 3.73. The molecule has 0 rings (SSSR count). The van der Waals surface area contributed by atoms with E-state index in [4.69, 9.17) is 4.80 Å². The fraction of sp³-hybridized carbons (Fsp3) is 1.00. The van der Waals surface area contributed by atoms with E-state index in [9.17, 15) is 0 Å². The second-order valence-corrected chi connectivity index (χ2v) is 3.41. The molecule has 52 valence electrons. The molecule has 0 atom stereocenters. The van der Waals surface area contributed by atoms with Crippen molar-refractivity contribution < 1.29 is 18.1 Å². The van der Waals surface area contributed by atoms with E-state index in [1.165, 1.54) is 21.3 Å². The molecule has 0 unspecified atom stereocenters. The van der Waals surface area contributed by atoms with Crippen LogP contribution in [0.2, 0.25) is 0 Å². The summed E-state index contributed by atoms with van der Waals surface area (Å²) >= 11 is 0. The molecule has 0 saturated carbocycles. The summed E-state index contributed by atoms with van der Waals surface area (Å²) in [4.78, 5) is 8.91. The van der Waals surface area contributed by atoms with Gasteiger partial charge in [0.05, 0.1) is 0 Å². The van der Waals surface area contributed by atoms with Crippen LogP contribution < -0.4 is 0 Å². The Morgan fingerprint density at radius 2 is 1.22 bits per heavy atom. The molecule has 0 spiro atoms. The molecule has 0 aliphatic heterocycles. The van der Waals surface area contributed by atoms with Gasteiger partial charge in [0.15, 0.2) is 0 Å². The maximum atomic E-state index is 8.91. The van der Waals surface area contributed by atoms with Crippen molar-refractivity contribution in [2.24, 2.45) is 0 Å². The minimum atomic E-state index is -3.17. The molecule has 0 fully saturated rings. The molecule has 0 radical (unpaired) electrons. The van der Waals surface area contributed by atoms with Gasteiger partial charge in [0.2, 0.25) is 0 Å². The Balaban J connectivity index is 0. The SMILES string of the molecule is CO[Si](O)(OC)OC.[KH]. The van der Waals surface area contributed by atoms with Crippen LogP contribution in [0.3, 0.4) is 0 Å². The van der Waals surface area contributed by atoms with Gasteiger partial charge in [-0.05, 0) is 0 Å². The quantitative estimate of drug-likeness (QED) is 0.546. The summed E-state index contributed by atoms with van der Waals surface area (Å²) in [5, 5.41) is 0. The summed E-state index contributed by atoms with van der Waals surface area (Å²) in [6.45, 7) is 0. The first kappa shape index (κ1) is 13.3. The van der Waals surface area contributed by atoms with Crippen molar-refractivity contribution in [2.45, 2.75) is 0 Å². The van der Waals surface area contributed by atoms with E-state index >= 15 is 0 Å². The van der Waals surface area contributed by atoms with Crippen LogP contribution in [0.4, 0.5) is 0 Å². The molecule has 1 N–H and O–H groups in total. The van der Waals surface area contributed by atoms with Gasteiger partial charge in [0.25, 0.3) is 0 Å². The Morgan fingerprint density at radius 1 is 1.00 bits per heavy atom.